The van der Waals surface area contributed by atoms with E-state index in [0.717, 1.165) is 67.7 Å². The first-order valence-electron chi connectivity index (χ1n) is 14.0. The van der Waals surface area contributed by atoms with Gasteiger partial charge in [0.15, 0.2) is 0 Å². The number of hydrogen-bond donors (Lipinski definition) is 3. The first kappa shape index (κ1) is 34.1. The van der Waals surface area contributed by atoms with Gasteiger partial charge in [0.25, 0.3) is 12.4 Å². The number of carbonyl (C=O) groups is 2. The third kappa shape index (κ3) is 10.1. The topological polar surface area (TPSA) is 117 Å². The van der Waals surface area contributed by atoms with Crippen LogP contribution >= 0.6 is 11.6 Å². The van der Waals surface area contributed by atoms with E-state index in [-0.39, 0.29) is 11.8 Å². The minimum Gasteiger partial charge on any atom is -0.491 e. The van der Waals surface area contributed by atoms with Gasteiger partial charge in [0, 0.05) is 31.0 Å². The zero-order valence-electron chi connectivity index (χ0n) is 24.5. The minimum atomic E-state index is -0.833. The highest BCUT2D eigenvalue weighted by molar-refractivity contribution is 6.30. The Morgan fingerprint density at radius 2 is 1.93 bits per heavy atom. The number of aliphatic hydroxyl groups is 2. The van der Waals surface area contributed by atoms with Crippen molar-refractivity contribution in [3.05, 3.63) is 70.8 Å². The maximum absolute atomic E-state index is 10.4. The molecule has 2 aromatic carbocycles. The van der Waals surface area contributed by atoms with Gasteiger partial charge in [0.1, 0.15) is 5.75 Å². The van der Waals surface area contributed by atoms with Gasteiger partial charge >= 0.3 is 0 Å². The van der Waals surface area contributed by atoms with Crippen molar-refractivity contribution in [2.75, 3.05) is 31.7 Å². The highest BCUT2D eigenvalue weighted by Gasteiger charge is 2.37. The summed E-state index contributed by atoms with van der Waals surface area (Å²) in [7, 11) is 1.31. The molecule has 0 amide bonds. The number of aliphatic hydroxyl groups excluding tert-OH is 2. The molecule has 1 fully saturated rings. The van der Waals surface area contributed by atoms with Crippen LogP contribution in [0.4, 0.5) is 5.69 Å². The van der Waals surface area contributed by atoms with Gasteiger partial charge in [-0.25, -0.2) is 0 Å². The first-order chi connectivity index (χ1) is 19.6. The van der Waals surface area contributed by atoms with E-state index in [9.17, 15) is 10.2 Å². The van der Waals surface area contributed by atoms with Crippen LogP contribution in [0.25, 0.3) is 0 Å². The highest BCUT2D eigenvalue weighted by Crippen LogP contribution is 2.42. The number of anilines is 1. The summed E-state index contributed by atoms with van der Waals surface area (Å²) in [6, 6.07) is 12.2. The summed E-state index contributed by atoms with van der Waals surface area (Å²) in [6.45, 7) is 11.5. The summed E-state index contributed by atoms with van der Waals surface area (Å²) in [4.78, 5) is 20.4. The van der Waals surface area contributed by atoms with E-state index in [1.54, 1.807) is 13.0 Å². The summed E-state index contributed by atoms with van der Waals surface area (Å²) in [5.41, 5.74) is 4.50. The lowest BCUT2D eigenvalue weighted by atomic mass is 9.70. The lowest BCUT2D eigenvalue weighted by Gasteiger charge is -2.42. The number of rotatable bonds is 9. The third-order valence-corrected chi connectivity index (χ3v) is 7.69. The van der Waals surface area contributed by atoms with Gasteiger partial charge in [-0.2, -0.15) is 0 Å². The van der Waals surface area contributed by atoms with Crippen LogP contribution in [0.15, 0.2) is 49.1 Å². The minimum absolute atomic E-state index is 0.203. The molecule has 5 atom stereocenters. The van der Waals surface area contributed by atoms with Gasteiger partial charge in [-0.05, 0) is 79.0 Å². The number of hydrogen-bond acceptors (Lipinski definition) is 7. The van der Waals surface area contributed by atoms with Crippen molar-refractivity contribution < 1.29 is 34.4 Å². The summed E-state index contributed by atoms with van der Waals surface area (Å²) >= 11 is 6.33. The molecule has 226 valence electrons. The van der Waals surface area contributed by atoms with E-state index in [1.807, 2.05) is 18.2 Å². The van der Waals surface area contributed by atoms with E-state index in [1.165, 1.54) is 18.2 Å². The summed E-state index contributed by atoms with van der Waals surface area (Å²) in [6.07, 6.45) is 4.85. The molecule has 2 aliphatic rings. The summed E-state index contributed by atoms with van der Waals surface area (Å²) in [5.74, 6) is 0.877. The SMILES string of the molecule is C=CC(O)C1CCC1CN1CC(c2ccc(Cl)cc2CCC)COc2ccc(C(C)O)cc21.CC(=O)O.COC=O. The van der Waals surface area contributed by atoms with E-state index >= 15 is 0 Å². The Morgan fingerprint density at radius 1 is 1.24 bits per heavy atom. The fourth-order valence-electron chi connectivity index (χ4n) is 5.32. The number of nitrogens with zero attached hydrogens (tertiary/aromatic N) is 1. The highest BCUT2D eigenvalue weighted by atomic mass is 35.5. The molecule has 9 heteroatoms. The van der Waals surface area contributed by atoms with Crippen LogP contribution in [0.2, 0.25) is 5.02 Å². The van der Waals surface area contributed by atoms with E-state index < -0.39 is 18.2 Å². The average Bonchev–Trinajstić information content (AvgIpc) is 3.10. The van der Waals surface area contributed by atoms with Gasteiger partial charge in [0.05, 0.1) is 31.6 Å². The molecule has 0 spiro atoms. The third-order valence-electron chi connectivity index (χ3n) is 7.46. The second-order valence-electron chi connectivity index (χ2n) is 10.5. The summed E-state index contributed by atoms with van der Waals surface area (Å²) < 4.78 is 10.2. The normalized spacial score (nSPS) is 20.6. The molecular weight excluding hydrogens is 546 g/mol. The molecule has 8 nitrogen and oxygen atoms in total. The molecule has 4 rings (SSSR count). The number of methoxy groups -OCH3 is 1. The molecule has 1 aliphatic heterocycles. The van der Waals surface area contributed by atoms with Crippen molar-refractivity contribution in [2.24, 2.45) is 11.8 Å². The van der Waals surface area contributed by atoms with Crippen LogP contribution in [-0.4, -0.2) is 60.7 Å². The molecule has 1 saturated carbocycles. The van der Waals surface area contributed by atoms with Crippen LogP contribution in [0.3, 0.4) is 0 Å². The molecule has 1 aliphatic carbocycles. The second kappa shape index (κ2) is 17.0. The number of fused-ring (bicyclic) bond motifs is 1. The molecule has 0 bridgehead atoms. The van der Waals surface area contributed by atoms with Gasteiger partial charge in [-0.1, -0.05) is 43.2 Å². The molecule has 0 saturated heterocycles. The summed E-state index contributed by atoms with van der Waals surface area (Å²) in [5, 5.41) is 28.8. The smallest absolute Gasteiger partial charge is 0.300 e. The van der Waals surface area contributed by atoms with Gasteiger partial charge in [0.2, 0.25) is 0 Å². The number of halogens is 1. The molecule has 3 N–H and O–H groups in total. The van der Waals surface area contributed by atoms with Crippen molar-refractivity contribution >= 4 is 29.7 Å². The Hall–Kier alpha value is -3.07. The Balaban J connectivity index is 0.000000653. The molecule has 41 heavy (non-hydrogen) atoms. The fourth-order valence-corrected chi connectivity index (χ4v) is 5.51. The van der Waals surface area contributed by atoms with Crippen molar-refractivity contribution in [1.29, 1.82) is 0 Å². The predicted molar refractivity (Wildman–Crippen MR) is 162 cm³/mol. The second-order valence-corrected chi connectivity index (χ2v) is 10.9. The van der Waals surface area contributed by atoms with E-state index in [4.69, 9.17) is 31.0 Å². The lowest BCUT2D eigenvalue weighted by Crippen LogP contribution is -2.43. The van der Waals surface area contributed by atoms with Gasteiger partial charge in [-0.3, -0.25) is 9.59 Å². The first-order valence-corrected chi connectivity index (χ1v) is 14.4. The molecule has 1 heterocycles. The molecule has 0 aromatic heterocycles. The Morgan fingerprint density at radius 3 is 2.46 bits per heavy atom. The van der Waals surface area contributed by atoms with E-state index in [2.05, 4.69) is 41.3 Å². The van der Waals surface area contributed by atoms with Crippen LogP contribution in [-0.2, 0) is 20.7 Å². The van der Waals surface area contributed by atoms with Crippen LogP contribution in [0.5, 0.6) is 5.75 Å². The molecule has 5 unspecified atom stereocenters. The lowest BCUT2D eigenvalue weighted by molar-refractivity contribution is -0.134. The maximum Gasteiger partial charge on any atom is 0.300 e. The van der Waals surface area contributed by atoms with Crippen molar-refractivity contribution in [3.63, 3.8) is 0 Å². The van der Waals surface area contributed by atoms with Gasteiger partial charge < -0.3 is 29.7 Å². The molecule has 2 aromatic rings. The Bertz CT molecular complexity index is 1140. The zero-order chi connectivity index (χ0) is 30.5. The molecular formula is C32H44ClNO7. The molecule has 0 radical (unpaired) electrons. The van der Waals surface area contributed by atoms with E-state index in [0.29, 0.717) is 19.0 Å². The number of carbonyl (C=O) groups excluding carboxylic acids is 1. The zero-order valence-corrected chi connectivity index (χ0v) is 25.2. The largest absolute Gasteiger partial charge is 0.491 e. The number of carboxylic acids is 1. The Labute approximate surface area is 248 Å². The van der Waals surface area contributed by atoms with Gasteiger partial charge in [-0.15, -0.1) is 6.58 Å². The number of aryl methyl sites for hydroxylation is 1. The van der Waals surface area contributed by atoms with Crippen molar-refractivity contribution in [3.8, 4) is 5.75 Å². The number of carboxylic acid groups (broad SMARTS) is 1. The van der Waals surface area contributed by atoms with Crippen LogP contribution < -0.4 is 9.64 Å². The average molecular weight is 590 g/mol. The van der Waals surface area contributed by atoms with Crippen molar-refractivity contribution in [2.45, 2.75) is 64.6 Å². The fraction of sp³-hybridized carbons (Fsp3) is 0.500. The van der Waals surface area contributed by atoms with Crippen molar-refractivity contribution in [1.82, 2.24) is 0 Å². The predicted octanol–water partition coefficient (Wildman–Crippen LogP) is 5.78. The quantitative estimate of drug-likeness (QED) is 0.249. The standard InChI is InChI=1S/C28H36ClNO3.2C2H4O2/c1-4-6-20-13-23(29)9-11-24(20)22-16-30(15-21-7-10-25(21)27(32)5-2)26-14-19(18(3)31)8-12-28(26)33-17-22;1-4-2-3;1-2(3)4/h5,8-9,11-14,18,21-22,25,27,31-32H,2,4,6-7,10,15-17H2,1,3H3;2H,1H3;1H3,(H,3,4). The number of ether oxygens (including phenoxy) is 2. The Kier molecular flexibility index (Phi) is 14.2. The number of benzene rings is 2. The van der Waals surface area contributed by atoms with Crippen LogP contribution in [0.1, 0.15) is 68.7 Å². The maximum atomic E-state index is 10.4. The monoisotopic (exact) mass is 589 g/mol. The number of aliphatic carboxylic acids is 1. The van der Waals surface area contributed by atoms with Crippen LogP contribution in [0, 0.1) is 11.8 Å².